The van der Waals surface area contributed by atoms with E-state index in [9.17, 15) is 14.4 Å². The predicted octanol–water partition coefficient (Wildman–Crippen LogP) is 4.03. The van der Waals surface area contributed by atoms with Crippen molar-refractivity contribution >= 4 is 29.2 Å². The summed E-state index contributed by atoms with van der Waals surface area (Å²) >= 11 is 0. The van der Waals surface area contributed by atoms with E-state index in [-0.39, 0.29) is 18.9 Å². The number of aromatic nitrogens is 1. The Labute approximate surface area is 211 Å². The summed E-state index contributed by atoms with van der Waals surface area (Å²) in [7, 11) is 1.27. The average Bonchev–Trinajstić information content (AvgIpc) is 3.09. The summed E-state index contributed by atoms with van der Waals surface area (Å²) in [6, 6.07) is 4.95. The van der Waals surface area contributed by atoms with Crippen LogP contribution in [0.2, 0.25) is 0 Å². The Kier molecular flexibility index (Phi) is 7.32. The molecule has 3 atom stereocenters. The first-order chi connectivity index (χ1) is 16.6. The lowest BCUT2D eigenvalue weighted by Crippen LogP contribution is -2.68. The quantitative estimate of drug-likeness (QED) is 0.540. The van der Waals surface area contributed by atoms with Crippen LogP contribution in [0.1, 0.15) is 65.5 Å². The van der Waals surface area contributed by atoms with Gasteiger partial charge in [0.25, 0.3) is 0 Å². The number of nitrogens with zero attached hydrogens (tertiary/aromatic N) is 1. The SMILES string of the molecule is COC(=O)N[C@]1(CN)C(NC(=O)OC(C)(C)C)Cc2cn(C(=O)OC(C)(C)C)c3cccc(c23)[C@@H]1C. The second-order valence-electron chi connectivity index (χ2n) is 11.2. The van der Waals surface area contributed by atoms with E-state index in [1.54, 1.807) is 27.0 Å². The second kappa shape index (κ2) is 9.65. The molecule has 1 aliphatic rings. The Morgan fingerprint density at radius 2 is 1.72 bits per heavy atom. The molecule has 0 bridgehead atoms. The van der Waals surface area contributed by atoms with Crippen LogP contribution in [0.4, 0.5) is 14.4 Å². The standard InChI is InChI=1S/C26H38N4O6/c1-15-17-10-9-11-18-20(17)16(13-30(18)23(33)36-25(5,6)7)12-19(28-21(31)35-24(2,3)4)26(15,14-27)29-22(32)34-8/h9-11,13,15,19H,12,14,27H2,1-8H3,(H,28,31)(H,29,32)/t15-,19?,26-/m0/s1. The molecular formula is C26H38N4O6. The van der Waals surface area contributed by atoms with Crippen molar-refractivity contribution in [3.63, 3.8) is 0 Å². The lowest BCUT2D eigenvalue weighted by Gasteiger charge is -2.44. The van der Waals surface area contributed by atoms with E-state index in [0.717, 1.165) is 16.5 Å². The van der Waals surface area contributed by atoms with Crippen LogP contribution in [-0.2, 0) is 20.6 Å². The van der Waals surface area contributed by atoms with E-state index in [1.165, 1.54) is 11.7 Å². The van der Waals surface area contributed by atoms with Gasteiger partial charge in [-0.15, -0.1) is 0 Å². The molecule has 0 spiro atoms. The molecule has 1 heterocycles. The molecule has 36 heavy (non-hydrogen) atoms. The molecule has 4 N–H and O–H groups in total. The zero-order chi connectivity index (χ0) is 27.1. The molecule has 0 aliphatic heterocycles. The van der Waals surface area contributed by atoms with Gasteiger partial charge in [-0.05, 0) is 65.2 Å². The molecule has 198 valence electrons. The Hall–Kier alpha value is -3.27. The highest BCUT2D eigenvalue weighted by Gasteiger charge is 2.49. The topological polar surface area (TPSA) is 134 Å². The summed E-state index contributed by atoms with van der Waals surface area (Å²) in [6.07, 6.45) is 0.190. The van der Waals surface area contributed by atoms with E-state index in [0.29, 0.717) is 5.52 Å². The predicted molar refractivity (Wildman–Crippen MR) is 136 cm³/mol. The van der Waals surface area contributed by atoms with Crippen molar-refractivity contribution < 1.29 is 28.6 Å². The minimum atomic E-state index is -1.11. The molecule has 0 radical (unpaired) electrons. The smallest absolute Gasteiger partial charge is 0.419 e. The summed E-state index contributed by atoms with van der Waals surface area (Å²) in [6.45, 7) is 12.7. The lowest BCUT2D eigenvalue weighted by molar-refractivity contribution is 0.0451. The molecular weight excluding hydrogens is 464 g/mol. The van der Waals surface area contributed by atoms with E-state index < -0.39 is 41.1 Å². The molecule has 1 aromatic heterocycles. The fourth-order valence-electron chi connectivity index (χ4n) is 4.79. The van der Waals surface area contributed by atoms with Crippen LogP contribution in [0.3, 0.4) is 0 Å². The number of hydrogen-bond acceptors (Lipinski definition) is 7. The van der Waals surface area contributed by atoms with Gasteiger partial charge in [0.15, 0.2) is 0 Å². The van der Waals surface area contributed by atoms with Crippen molar-refractivity contribution in [2.24, 2.45) is 5.73 Å². The third kappa shape index (κ3) is 5.43. The van der Waals surface area contributed by atoms with E-state index in [1.807, 2.05) is 45.9 Å². The molecule has 10 nitrogen and oxygen atoms in total. The summed E-state index contributed by atoms with van der Waals surface area (Å²) in [4.78, 5) is 38.4. The summed E-state index contributed by atoms with van der Waals surface area (Å²) < 4.78 is 17.5. The Morgan fingerprint density at radius 1 is 1.08 bits per heavy atom. The molecule has 1 unspecified atom stereocenters. The maximum Gasteiger partial charge on any atom is 0.419 e. The van der Waals surface area contributed by atoms with Crippen LogP contribution in [-0.4, -0.2) is 59.3 Å². The van der Waals surface area contributed by atoms with Crippen molar-refractivity contribution in [1.82, 2.24) is 15.2 Å². The number of amides is 2. The number of carbonyl (C=O) groups excluding carboxylic acids is 3. The van der Waals surface area contributed by atoms with Gasteiger partial charge in [-0.1, -0.05) is 19.1 Å². The first-order valence-electron chi connectivity index (χ1n) is 12.0. The van der Waals surface area contributed by atoms with Crippen molar-refractivity contribution in [1.29, 1.82) is 0 Å². The van der Waals surface area contributed by atoms with Gasteiger partial charge in [-0.3, -0.25) is 4.57 Å². The lowest BCUT2D eigenvalue weighted by atomic mass is 9.75. The summed E-state index contributed by atoms with van der Waals surface area (Å²) in [5, 5.41) is 6.71. The van der Waals surface area contributed by atoms with Crippen LogP contribution in [0.5, 0.6) is 0 Å². The number of nitrogens with one attached hydrogen (secondary N) is 2. The number of benzene rings is 1. The number of carbonyl (C=O) groups is 3. The van der Waals surface area contributed by atoms with Crippen molar-refractivity contribution in [3.05, 3.63) is 35.5 Å². The van der Waals surface area contributed by atoms with Crippen LogP contribution < -0.4 is 16.4 Å². The molecule has 0 fully saturated rings. The zero-order valence-corrected chi connectivity index (χ0v) is 22.4. The molecule has 1 aliphatic carbocycles. The van der Waals surface area contributed by atoms with Gasteiger partial charge in [-0.2, -0.15) is 0 Å². The number of methoxy groups -OCH3 is 1. The van der Waals surface area contributed by atoms with Gasteiger partial charge in [0.1, 0.15) is 11.2 Å². The summed E-state index contributed by atoms with van der Waals surface area (Å²) in [5.74, 6) is -0.374. The van der Waals surface area contributed by atoms with Crippen LogP contribution in [0.15, 0.2) is 24.4 Å². The van der Waals surface area contributed by atoms with Gasteiger partial charge >= 0.3 is 18.3 Å². The molecule has 2 aromatic rings. The number of hydrogen-bond donors (Lipinski definition) is 3. The van der Waals surface area contributed by atoms with Crippen LogP contribution in [0, 0.1) is 0 Å². The van der Waals surface area contributed by atoms with E-state index in [4.69, 9.17) is 19.9 Å². The molecule has 3 rings (SSSR count). The third-order valence-electron chi connectivity index (χ3n) is 6.36. The third-order valence-corrected chi connectivity index (χ3v) is 6.36. The van der Waals surface area contributed by atoms with Crippen LogP contribution in [0.25, 0.3) is 10.9 Å². The van der Waals surface area contributed by atoms with Crippen molar-refractivity contribution in [3.8, 4) is 0 Å². The maximum atomic E-state index is 13.0. The highest BCUT2D eigenvalue weighted by molar-refractivity contribution is 5.95. The van der Waals surface area contributed by atoms with Gasteiger partial charge in [-0.25, -0.2) is 14.4 Å². The van der Waals surface area contributed by atoms with E-state index >= 15 is 0 Å². The fourth-order valence-corrected chi connectivity index (χ4v) is 4.79. The number of rotatable bonds is 3. The number of alkyl carbamates (subject to hydrolysis) is 2. The number of ether oxygens (including phenoxy) is 3. The minimum absolute atomic E-state index is 0.0104. The average molecular weight is 503 g/mol. The van der Waals surface area contributed by atoms with Crippen molar-refractivity contribution in [2.45, 2.75) is 83.6 Å². The highest BCUT2D eigenvalue weighted by atomic mass is 16.6. The van der Waals surface area contributed by atoms with Crippen molar-refractivity contribution in [2.75, 3.05) is 13.7 Å². The first-order valence-corrected chi connectivity index (χ1v) is 12.0. The first kappa shape index (κ1) is 27.3. The summed E-state index contributed by atoms with van der Waals surface area (Å²) in [5.41, 5.74) is 6.18. The molecule has 10 heteroatoms. The maximum absolute atomic E-state index is 13.0. The Bertz CT molecular complexity index is 1160. The molecule has 2 amide bonds. The minimum Gasteiger partial charge on any atom is -0.453 e. The number of nitrogens with two attached hydrogens (primary N) is 1. The van der Waals surface area contributed by atoms with Gasteiger partial charge in [0.05, 0.1) is 24.2 Å². The highest BCUT2D eigenvalue weighted by Crippen LogP contribution is 2.42. The monoisotopic (exact) mass is 502 g/mol. The van der Waals surface area contributed by atoms with Gasteiger partial charge < -0.3 is 30.6 Å². The van der Waals surface area contributed by atoms with Gasteiger partial charge in [0, 0.05) is 24.0 Å². The largest absolute Gasteiger partial charge is 0.453 e. The van der Waals surface area contributed by atoms with Crippen LogP contribution >= 0.6 is 0 Å². The molecule has 0 saturated heterocycles. The van der Waals surface area contributed by atoms with E-state index in [2.05, 4.69) is 10.6 Å². The Balaban J connectivity index is 2.18. The fraction of sp³-hybridized carbons (Fsp3) is 0.577. The normalized spacial score (nSPS) is 21.9. The second-order valence-corrected chi connectivity index (χ2v) is 11.2. The molecule has 0 saturated carbocycles. The zero-order valence-electron chi connectivity index (χ0n) is 22.4. The molecule has 1 aromatic carbocycles. The van der Waals surface area contributed by atoms with Gasteiger partial charge in [0.2, 0.25) is 0 Å². The Morgan fingerprint density at radius 3 is 2.28 bits per heavy atom.